The van der Waals surface area contributed by atoms with Crippen molar-refractivity contribution < 1.29 is 8.42 Å². The van der Waals surface area contributed by atoms with E-state index in [1.54, 1.807) is 0 Å². The van der Waals surface area contributed by atoms with Gasteiger partial charge in [0.05, 0.1) is 17.3 Å². The van der Waals surface area contributed by atoms with Gasteiger partial charge in [-0.05, 0) is 20.8 Å². The van der Waals surface area contributed by atoms with E-state index in [2.05, 4.69) is 10.1 Å². The molecular formula is C12H19ClN4O2S. The lowest BCUT2D eigenvalue weighted by Gasteiger charge is -2.16. The van der Waals surface area contributed by atoms with Crippen LogP contribution in [0.3, 0.4) is 0 Å². The van der Waals surface area contributed by atoms with Crippen LogP contribution in [0.25, 0.3) is 11.2 Å². The van der Waals surface area contributed by atoms with Crippen molar-refractivity contribution in [3.63, 3.8) is 0 Å². The molecule has 1 atom stereocenters. The lowest BCUT2D eigenvalue weighted by Crippen LogP contribution is -2.19. The lowest BCUT2D eigenvalue weighted by atomic mass is 10.3. The van der Waals surface area contributed by atoms with Crippen LogP contribution in [0.1, 0.15) is 31.4 Å². The van der Waals surface area contributed by atoms with Crippen LogP contribution in [0.5, 0.6) is 0 Å². The Bertz CT molecular complexity index is 732. The Morgan fingerprint density at radius 1 is 1.40 bits per heavy atom. The summed E-state index contributed by atoms with van der Waals surface area (Å²) < 4.78 is 26.8. The Kier molecular flexibility index (Phi) is 4.11. The fraction of sp³-hybridized carbons (Fsp3) is 0.667. The molecule has 2 aromatic heterocycles. The van der Waals surface area contributed by atoms with Crippen molar-refractivity contribution in [2.45, 2.75) is 39.2 Å². The Labute approximate surface area is 123 Å². The van der Waals surface area contributed by atoms with Crippen LogP contribution in [0.15, 0.2) is 0 Å². The fourth-order valence-electron chi connectivity index (χ4n) is 2.52. The quantitative estimate of drug-likeness (QED) is 0.790. The van der Waals surface area contributed by atoms with Gasteiger partial charge in [0.15, 0.2) is 5.65 Å². The van der Waals surface area contributed by atoms with Gasteiger partial charge >= 0.3 is 0 Å². The first-order valence-electron chi connectivity index (χ1n) is 6.46. The summed E-state index contributed by atoms with van der Waals surface area (Å²) in [4.78, 5) is 4.50. The number of aryl methyl sites for hydroxylation is 2. The van der Waals surface area contributed by atoms with Crippen LogP contribution in [-0.2, 0) is 22.3 Å². The molecule has 0 N–H and O–H groups in total. The molecule has 0 amide bonds. The number of sulfone groups is 1. The third kappa shape index (κ3) is 2.69. The molecule has 112 valence electrons. The van der Waals surface area contributed by atoms with Crippen LogP contribution >= 0.6 is 11.6 Å². The molecule has 0 bridgehead atoms. The summed E-state index contributed by atoms with van der Waals surface area (Å²) in [5.74, 6) is 0.975. The molecular weight excluding hydrogens is 300 g/mol. The lowest BCUT2D eigenvalue weighted by molar-refractivity contribution is 0.545. The van der Waals surface area contributed by atoms with E-state index >= 15 is 0 Å². The molecule has 6 nitrogen and oxygen atoms in total. The van der Waals surface area contributed by atoms with Gasteiger partial charge in [0.1, 0.15) is 21.2 Å². The number of aromatic nitrogens is 4. The minimum atomic E-state index is -3.08. The van der Waals surface area contributed by atoms with Gasteiger partial charge in [0.25, 0.3) is 0 Å². The van der Waals surface area contributed by atoms with Crippen LogP contribution in [-0.4, -0.2) is 39.8 Å². The smallest absolute Gasteiger partial charge is 0.159 e. The number of hydrogen-bond donors (Lipinski definition) is 0. The molecule has 0 aliphatic heterocycles. The van der Waals surface area contributed by atoms with E-state index in [9.17, 15) is 8.42 Å². The summed E-state index contributed by atoms with van der Waals surface area (Å²) in [6, 6.07) is -0.231. The Morgan fingerprint density at radius 3 is 2.55 bits per heavy atom. The van der Waals surface area contributed by atoms with Gasteiger partial charge in [-0.25, -0.2) is 18.1 Å². The zero-order valence-corrected chi connectivity index (χ0v) is 13.7. The van der Waals surface area contributed by atoms with Crippen molar-refractivity contribution in [3.8, 4) is 0 Å². The molecule has 0 saturated heterocycles. The molecule has 20 heavy (non-hydrogen) atoms. The predicted molar refractivity (Wildman–Crippen MR) is 79.9 cm³/mol. The second-order valence-electron chi connectivity index (χ2n) is 5.05. The molecule has 0 radical (unpaired) electrons. The van der Waals surface area contributed by atoms with E-state index in [4.69, 9.17) is 11.6 Å². The second kappa shape index (κ2) is 5.37. The molecule has 0 aromatic carbocycles. The number of imidazole rings is 1. The zero-order valence-electron chi connectivity index (χ0n) is 12.1. The van der Waals surface area contributed by atoms with Gasteiger partial charge in [-0.1, -0.05) is 0 Å². The van der Waals surface area contributed by atoms with Gasteiger partial charge < -0.3 is 4.57 Å². The SMILES string of the molecule is CCn1nc(C)c2nc(CCl)n(C(C)CS(C)(=O)=O)c21. The summed E-state index contributed by atoms with van der Waals surface area (Å²) >= 11 is 5.96. The van der Waals surface area contributed by atoms with Gasteiger partial charge in [-0.2, -0.15) is 5.10 Å². The number of alkyl halides is 1. The molecule has 0 saturated carbocycles. The molecule has 0 spiro atoms. The maximum atomic E-state index is 11.5. The summed E-state index contributed by atoms with van der Waals surface area (Å²) in [7, 11) is -3.08. The third-order valence-corrected chi connectivity index (χ3v) is 4.55. The van der Waals surface area contributed by atoms with E-state index in [0.29, 0.717) is 12.4 Å². The summed E-state index contributed by atoms with van der Waals surface area (Å²) in [5.41, 5.74) is 2.47. The first-order chi connectivity index (χ1) is 9.28. The molecule has 0 aliphatic rings. The zero-order chi connectivity index (χ0) is 15.1. The highest BCUT2D eigenvalue weighted by molar-refractivity contribution is 7.90. The monoisotopic (exact) mass is 318 g/mol. The maximum absolute atomic E-state index is 11.5. The van der Waals surface area contributed by atoms with Crippen molar-refractivity contribution in [2.75, 3.05) is 12.0 Å². The van der Waals surface area contributed by atoms with Gasteiger partial charge in [-0.15, -0.1) is 11.6 Å². The topological polar surface area (TPSA) is 69.8 Å². The summed E-state index contributed by atoms with van der Waals surface area (Å²) in [6.07, 6.45) is 1.24. The second-order valence-corrected chi connectivity index (χ2v) is 7.50. The molecule has 2 aromatic rings. The standard InChI is InChI=1S/C12H19ClN4O2S/c1-5-16-12-11(9(3)15-16)14-10(6-13)17(12)8(2)7-20(4,18)19/h8H,5-7H2,1-4H3. The molecule has 8 heteroatoms. The Morgan fingerprint density at radius 2 is 2.05 bits per heavy atom. The van der Waals surface area contributed by atoms with E-state index in [1.165, 1.54) is 6.26 Å². The number of nitrogens with zero attached hydrogens (tertiary/aromatic N) is 4. The van der Waals surface area contributed by atoms with Crippen LogP contribution in [0, 0.1) is 6.92 Å². The molecule has 1 unspecified atom stereocenters. The van der Waals surface area contributed by atoms with Crippen molar-refractivity contribution in [1.29, 1.82) is 0 Å². The Balaban J connectivity index is 2.65. The number of hydrogen-bond acceptors (Lipinski definition) is 4. The van der Waals surface area contributed by atoms with Crippen LogP contribution in [0.2, 0.25) is 0 Å². The van der Waals surface area contributed by atoms with Crippen LogP contribution in [0.4, 0.5) is 0 Å². The first kappa shape index (κ1) is 15.3. The Hall–Kier alpha value is -1.08. The minimum Gasteiger partial charge on any atom is -0.308 e. The summed E-state index contributed by atoms with van der Waals surface area (Å²) in [6.45, 7) is 6.44. The van der Waals surface area contributed by atoms with Crippen molar-refractivity contribution in [3.05, 3.63) is 11.5 Å². The number of fused-ring (bicyclic) bond motifs is 1. The van der Waals surface area contributed by atoms with E-state index in [0.717, 1.165) is 16.9 Å². The third-order valence-electron chi connectivity index (χ3n) is 3.22. The molecule has 0 aliphatic carbocycles. The van der Waals surface area contributed by atoms with E-state index in [-0.39, 0.29) is 17.7 Å². The normalized spacial score (nSPS) is 14.1. The highest BCUT2D eigenvalue weighted by atomic mass is 35.5. The predicted octanol–water partition coefficient (Wildman–Crippen LogP) is 1.91. The maximum Gasteiger partial charge on any atom is 0.159 e. The van der Waals surface area contributed by atoms with Crippen molar-refractivity contribution >= 4 is 32.6 Å². The van der Waals surface area contributed by atoms with E-state index < -0.39 is 9.84 Å². The van der Waals surface area contributed by atoms with Crippen LogP contribution < -0.4 is 0 Å². The number of halogens is 1. The highest BCUT2D eigenvalue weighted by Crippen LogP contribution is 2.25. The highest BCUT2D eigenvalue weighted by Gasteiger charge is 2.23. The molecule has 2 rings (SSSR count). The average Bonchev–Trinajstić information content (AvgIpc) is 2.84. The van der Waals surface area contributed by atoms with Crippen molar-refractivity contribution in [1.82, 2.24) is 19.3 Å². The minimum absolute atomic E-state index is 0.0519. The molecule has 0 fully saturated rings. The van der Waals surface area contributed by atoms with E-state index in [1.807, 2.05) is 30.0 Å². The van der Waals surface area contributed by atoms with Gasteiger partial charge in [0, 0.05) is 18.8 Å². The fourth-order valence-corrected chi connectivity index (χ4v) is 3.74. The van der Waals surface area contributed by atoms with Gasteiger partial charge in [0.2, 0.25) is 0 Å². The van der Waals surface area contributed by atoms with Gasteiger partial charge in [-0.3, -0.25) is 0 Å². The summed E-state index contributed by atoms with van der Waals surface area (Å²) in [5, 5.41) is 4.42. The van der Waals surface area contributed by atoms with Crippen molar-refractivity contribution in [2.24, 2.45) is 0 Å². The first-order valence-corrected chi connectivity index (χ1v) is 9.05. The largest absolute Gasteiger partial charge is 0.308 e. The number of rotatable bonds is 5. The average molecular weight is 319 g/mol. The molecule has 2 heterocycles.